The Morgan fingerprint density at radius 1 is 1.05 bits per heavy atom. The highest BCUT2D eigenvalue weighted by molar-refractivity contribution is 6.99. The summed E-state index contributed by atoms with van der Waals surface area (Å²) < 4.78 is 20.7. The van der Waals surface area contributed by atoms with Crippen molar-refractivity contribution in [3.8, 4) is 0 Å². The zero-order valence-corrected chi connectivity index (χ0v) is 14.9. The second-order valence-corrected chi connectivity index (χ2v) is 6.67. The monoisotopic (exact) mass is 316 g/mol. The molecule has 0 spiro atoms. The number of halogens is 2. The lowest BCUT2D eigenvalue weighted by atomic mass is 10.1. The Balaban J connectivity index is -0.000000222. The van der Waals surface area contributed by atoms with Crippen LogP contribution in [0.5, 0.6) is 0 Å². The molecular weight excluding hydrogens is 287 g/mol. The van der Waals surface area contributed by atoms with Crippen LogP contribution >= 0.6 is 11.1 Å². The second-order valence-electron chi connectivity index (χ2n) is 4.11. The van der Waals surface area contributed by atoms with Gasteiger partial charge in [-0.1, -0.05) is 39.0 Å². The summed E-state index contributed by atoms with van der Waals surface area (Å²) in [5, 5.41) is 0. The highest BCUT2D eigenvalue weighted by Gasteiger charge is 1.98. The molecule has 0 amide bonds. The van der Waals surface area contributed by atoms with Crippen molar-refractivity contribution in [2.24, 2.45) is 0 Å². The van der Waals surface area contributed by atoms with Crippen LogP contribution in [0, 0.1) is 0 Å². The van der Waals surface area contributed by atoms with Crippen LogP contribution in [0.15, 0.2) is 0 Å². The van der Waals surface area contributed by atoms with Crippen molar-refractivity contribution in [1.29, 1.82) is 0 Å². The first kappa shape index (κ1) is 24.1. The maximum atomic E-state index is 11.5. The number of ketones is 1. The van der Waals surface area contributed by atoms with E-state index in [2.05, 4.69) is 15.8 Å². The molecule has 118 valence electrons. The molecule has 6 heteroatoms. The standard InChI is InChI=1S/C8H17F.C3H6O.C2H7ClO2Si/c1-2-3-4-5-6-7-8-9;1-3(2)4;1-4-6(3)5-2/h2-8H2,1H3;1-2H3;6H,1-2H3. The number of Topliss-reactive ketones (excluding diaryl/α,β-unsaturated/α-hetero) is 1. The minimum atomic E-state index is -1.69. The number of rotatable bonds is 8. The van der Waals surface area contributed by atoms with E-state index in [1.165, 1.54) is 53.8 Å². The molecule has 0 unspecified atom stereocenters. The fourth-order valence-electron chi connectivity index (χ4n) is 0.971. The first-order valence-corrected chi connectivity index (χ1v) is 9.37. The van der Waals surface area contributed by atoms with E-state index in [0.717, 1.165) is 12.8 Å². The number of alkyl halides is 1. The predicted molar refractivity (Wildman–Crippen MR) is 82.7 cm³/mol. The Kier molecular flexibility index (Phi) is 29.3. The van der Waals surface area contributed by atoms with Crippen molar-refractivity contribution in [1.82, 2.24) is 0 Å². The molecule has 0 aliphatic heterocycles. The molecule has 0 aliphatic carbocycles. The van der Waals surface area contributed by atoms with Crippen LogP contribution in [0.1, 0.15) is 59.3 Å². The van der Waals surface area contributed by atoms with E-state index in [-0.39, 0.29) is 12.5 Å². The lowest BCUT2D eigenvalue weighted by Crippen LogP contribution is -2.09. The van der Waals surface area contributed by atoms with E-state index >= 15 is 0 Å². The van der Waals surface area contributed by atoms with Crippen LogP contribution < -0.4 is 0 Å². The molecule has 0 radical (unpaired) electrons. The highest BCUT2D eigenvalue weighted by Crippen LogP contribution is 2.04. The molecule has 0 bridgehead atoms. The van der Waals surface area contributed by atoms with Crippen LogP contribution in [0.25, 0.3) is 0 Å². The Morgan fingerprint density at radius 3 is 1.68 bits per heavy atom. The van der Waals surface area contributed by atoms with Crippen molar-refractivity contribution in [3.05, 3.63) is 0 Å². The van der Waals surface area contributed by atoms with Gasteiger partial charge >= 0.3 is 8.59 Å². The van der Waals surface area contributed by atoms with Gasteiger partial charge < -0.3 is 13.6 Å². The van der Waals surface area contributed by atoms with Gasteiger partial charge in [0, 0.05) is 14.2 Å². The molecule has 0 aromatic carbocycles. The average molecular weight is 317 g/mol. The molecule has 0 saturated heterocycles. The third-order valence-electron chi connectivity index (χ3n) is 1.86. The minimum Gasteiger partial charge on any atom is -0.389 e. The molecular formula is C13H30ClFO3Si. The molecule has 0 aromatic heterocycles. The molecule has 0 saturated carbocycles. The van der Waals surface area contributed by atoms with Gasteiger partial charge in [0.05, 0.1) is 6.67 Å². The summed E-state index contributed by atoms with van der Waals surface area (Å²) in [5.41, 5.74) is 0. The number of hydrogen-bond acceptors (Lipinski definition) is 3. The number of carbonyl (C=O) groups is 1. The molecule has 0 heterocycles. The topological polar surface area (TPSA) is 35.5 Å². The van der Waals surface area contributed by atoms with E-state index in [0.29, 0.717) is 0 Å². The van der Waals surface area contributed by atoms with Crippen LogP contribution in [0.2, 0.25) is 0 Å². The largest absolute Gasteiger partial charge is 0.426 e. The smallest absolute Gasteiger partial charge is 0.389 e. The fourth-order valence-corrected chi connectivity index (χ4v) is 1.16. The lowest BCUT2D eigenvalue weighted by Gasteiger charge is -1.97. The van der Waals surface area contributed by atoms with Gasteiger partial charge in [-0.2, -0.15) is 0 Å². The lowest BCUT2D eigenvalue weighted by molar-refractivity contribution is -0.114. The van der Waals surface area contributed by atoms with Gasteiger partial charge in [0.2, 0.25) is 0 Å². The normalized spacial score (nSPS) is 9.26. The quantitative estimate of drug-likeness (QED) is 0.383. The molecule has 0 N–H and O–H groups in total. The maximum Gasteiger partial charge on any atom is 0.426 e. The van der Waals surface area contributed by atoms with E-state index in [4.69, 9.17) is 11.1 Å². The van der Waals surface area contributed by atoms with Gasteiger partial charge in [0.25, 0.3) is 0 Å². The summed E-state index contributed by atoms with van der Waals surface area (Å²) in [7, 11) is 1.38. The second kappa shape index (κ2) is 23.1. The SMILES string of the molecule is CC(C)=O.CCCCCCCCF.CO[SiH](Cl)OC. The summed E-state index contributed by atoms with van der Waals surface area (Å²) in [5.74, 6) is 0.167. The fraction of sp³-hybridized carbons (Fsp3) is 0.923. The zero-order chi connectivity index (χ0) is 15.5. The van der Waals surface area contributed by atoms with E-state index < -0.39 is 8.59 Å². The number of unbranched alkanes of at least 4 members (excludes halogenated alkanes) is 5. The molecule has 0 aliphatic rings. The molecule has 3 nitrogen and oxygen atoms in total. The van der Waals surface area contributed by atoms with Crippen LogP contribution in [0.3, 0.4) is 0 Å². The number of carbonyl (C=O) groups excluding carboxylic acids is 1. The Bertz CT molecular complexity index is 160. The summed E-state index contributed by atoms with van der Waals surface area (Å²) in [6.45, 7) is 5.11. The first-order chi connectivity index (χ1) is 8.95. The van der Waals surface area contributed by atoms with E-state index in [1.807, 2.05) is 0 Å². The van der Waals surface area contributed by atoms with Gasteiger partial charge in [-0.15, -0.1) is 11.1 Å². The average Bonchev–Trinajstić information content (AvgIpc) is 2.38. The Hall–Kier alpha value is 0.0269. The third kappa shape index (κ3) is 46.1. The van der Waals surface area contributed by atoms with Crippen LogP contribution in [-0.4, -0.2) is 35.3 Å². The molecule has 0 fully saturated rings. The van der Waals surface area contributed by atoms with Crippen molar-refractivity contribution in [3.63, 3.8) is 0 Å². The molecule has 0 rings (SSSR count). The van der Waals surface area contributed by atoms with Gasteiger partial charge in [-0.3, -0.25) is 4.39 Å². The van der Waals surface area contributed by atoms with Gasteiger partial charge in [0.15, 0.2) is 0 Å². The molecule has 0 atom stereocenters. The minimum absolute atomic E-state index is 0.133. The summed E-state index contributed by atoms with van der Waals surface area (Å²) in [6, 6.07) is 0. The maximum absolute atomic E-state index is 11.5. The van der Waals surface area contributed by atoms with Crippen molar-refractivity contribution in [2.45, 2.75) is 59.3 Å². The van der Waals surface area contributed by atoms with E-state index in [9.17, 15) is 9.18 Å². The summed E-state index contributed by atoms with van der Waals surface area (Å²) in [4.78, 5) is 9.44. The Morgan fingerprint density at radius 2 is 1.42 bits per heavy atom. The van der Waals surface area contributed by atoms with E-state index in [1.54, 1.807) is 0 Å². The first-order valence-electron chi connectivity index (χ1n) is 6.68. The zero-order valence-electron chi connectivity index (χ0n) is 13.0. The molecule has 0 aromatic rings. The third-order valence-corrected chi connectivity index (χ3v) is 3.67. The van der Waals surface area contributed by atoms with Crippen molar-refractivity contribution >= 4 is 25.5 Å². The summed E-state index contributed by atoms with van der Waals surface area (Å²) in [6.07, 6.45) is 6.94. The van der Waals surface area contributed by atoms with Gasteiger partial charge in [-0.05, 0) is 20.3 Å². The number of hydrogen-bond donors (Lipinski definition) is 0. The Labute approximate surface area is 124 Å². The van der Waals surface area contributed by atoms with Crippen molar-refractivity contribution in [2.75, 3.05) is 20.9 Å². The predicted octanol–water partition coefficient (Wildman–Crippen LogP) is 4.15. The van der Waals surface area contributed by atoms with Crippen LogP contribution in [-0.2, 0) is 13.6 Å². The van der Waals surface area contributed by atoms with Gasteiger partial charge in [-0.25, -0.2) is 0 Å². The van der Waals surface area contributed by atoms with Gasteiger partial charge in [0.1, 0.15) is 5.78 Å². The highest BCUT2D eigenvalue weighted by atomic mass is 35.6. The summed E-state index contributed by atoms with van der Waals surface area (Å²) >= 11 is 5.34. The van der Waals surface area contributed by atoms with Crippen molar-refractivity contribution < 1.29 is 18.0 Å². The molecule has 19 heavy (non-hydrogen) atoms. The van der Waals surface area contributed by atoms with Crippen LogP contribution in [0.4, 0.5) is 4.39 Å².